The molecule has 0 unspecified atom stereocenters. The van der Waals surface area contributed by atoms with Crippen molar-refractivity contribution in [1.29, 1.82) is 0 Å². The smallest absolute Gasteiger partial charge is 0.416 e. The van der Waals surface area contributed by atoms with E-state index >= 15 is 0 Å². The number of hydrogen-bond acceptors (Lipinski definition) is 5. The van der Waals surface area contributed by atoms with E-state index in [0.717, 1.165) is 25.0 Å². The fourth-order valence-corrected chi connectivity index (χ4v) is 4.01. The topological polar surface area (TPSA) is 76.5 Å². The van der Waals surface area contributed by atoms with Gasteiger partial charge in [0, 0.05) is 38.7 Å². The maximum Gasteiger partial charge on any atom is 0.416 e. The Balaban J connectivity index is 1.50. The van der Waals surface area contributed by atoms with Gasteiger partial charge in [0.25, 0.3) is 5.56 Å². The molecule has 7 nitrogen and oxygen atoms in total. The number of likely N-dealkylation sites (tertiary alicyclic amines) is 1. The molecule has 0 aliphatic carbocycles. The Morgan fingerprint density at radius 1 is 1.26 bits per heavy atom. The van der Waals surface area contributed by atoms with Crippen molar-refractivity contribution in [1.82, 2.24) is 14.7 Å². The summed E-state index contributed by atoms with van der Waals surface area (Å²) < 4.78 is 46.0. The molecule has 0 radical (unpaired) electrons. The number of halogens is 4. The highest BCUT2D eigenvalue weighted by Gasteiger charge is 2.32. The van der Waals surface area contributed by atoms with Gasteiger partial charge in [0.1, 0.15) is 17.5 Å². The number of nitrogens with zero attached hydrogens (tertiary/aromatic N) is 3. The molecule has 1 fully saturated rings. The van der Waals surface area contributed by atoms with Crippen LogP contribution in [0.15, 0.2) is 35.3 Å². The van der Waals surface area contributed by atoms with Crippen molar-refractivity contribution in [3.63, 3.8) is 0 Å². The molecule has 35 heavy (non-hydrogen) atoms. The summed E-state index contributed by atoms with van der Waals surface area (Å²) in [6.07, 6.45) is -0.569. The van der Waals surface area contributed by atoms with Crippen molar-refractivity contribution < 1.29 is 22.7 Å². The first-order valence-electron chi connectivity index (χ1n) is 11.7. The summed E-state index contributed by atoms with van der Waals surface area (Å²) in [4.78, 5) is 26.9. The number of aryl methyl sites for hydroxylation is 1. The van der Waals surface area contributed by atoms with E-state index in [9.17, 15) is 22.8 Å². The summed E-state index contributed by atoms with van der Waals surface area (Å²) in [5.41, 5.74) is -0.782. The Bertz CT molecular complexity index is 1070. The first kappa shape index (κ1) is 26.8. The number of ether oxygens (including phenoxy) is 1. The van der Waals surface area contributed by atoms with Crippen molar-refractivity contribution in [2.75, 3.05) is 25.0 Å². The van der Waals surface area contributed by atoms with Crippen LogP contribution in [0.2, 0.25) is 5.02 Å². The first-order chi connectivity index (χ1) is 16.5. The molecule has 0 bridgehead atoms. The van der Waals surface area contributed by atoms with Crippen LogP contribution in [0, 0.1) is 5.92 Å². The van der Waals surface area contributed by atoms with E-state index in [1.54, 1.807) is 11.0 Å². The number of benzene rings is 1. The Kier molecular flexibility index (Phi) is 9.04. The van der Waals surface area contributed by atoms with E-state index in [4.69, 9.17) is 16.3 Å². The van der Waals surface area contributed by atoms with Gasteiger partial charge in [-0.2, -0.15) is 18.3 Å². The van der Waals surface area contributed by atoms with Gasteiger partial charge >= 0.3 is 6.18 Å². The first-order valence-corrected chi connectivity index (χ1v) is 12.0. The van der Waals surface area contributed by atoms with E-state index < -0.39 is 11.7 Å². The van der Waals surface area contributed by atoms with Crippen molar-refractivity contribution in [3.05, 3.63) is 51.4 Å². The third-order valence-corrected chi connectivity index (χ3v) is 6.15. The molecule has 1 N–H and O–H groups in total. The molecule has 1 saturated heterocycles. The quantitative estimate of drug-likeness (QED) is 0.518. The number of rotatable bonds is 9. The second-order valence-electron chi connectivity index (χ2n) is 9.00. The zero-order valence-electron chi connectivity index (χ0n) is 19.8. The number of anilines is 1. The molecule has 1 aliphatic rings. The second kappa shape index (κ2) is 11.8. The van der Waals surface area contributed by atoms with Gasteiger partial charge in [-0.3, -0.25) is 9.59 Å². The highest BCUT2D eigenvalue weighted by Crippen LogP contribution is 2.36. The molecule has 0 saturated carbocycles. The van der Waals surface area contributed by atoms with E-state index in [-0.39, 0.29) is 34.9 Å². The Labute approximate surface area is 207 Å². The SMILES string of the molecule is CC(C)CCCn1nccc(NCC(=O)N2CCC(Oc3cc(C(F)(F)F)ccc3Cl)CC2)c1=O. The van der Waals surface area contributed by atoms with Crippen LogP contribution in [0.5, 0.6) is 5.75 Å². The van der Waals surface area contributed by atoms with Gasteiger partial charge in [0.05, 0.1) is 17.1 Å². The predicted octanol–water partition coefficient (Wildman–Crippen LogP) is 4.83. The number of alkyl halides is 3. The standard InChI is InChI=1S/C24H30ClF3N4O3/c1-16(2)4-3-11-32-23(34)20(7-10-30-32)29-15-22(33)31-12-8-18(9-13-31)35-21-14-17(24(26,27)28)5-6-19(21)25/h5-7,10,14,16,18,29H,3-4,8-9,11-13,15H2,1-2H3. The lowest BCUT2D eigenvalue weighted by Crippen LogP contribution is -2.44. The highest BCUT2D eigenvalue weighted by molar-refractivity contribution is 6.32. The largest absolute Gasteiger partial charge is 0.489 e. The average molecular weight is 515 g/mol. The molecule has 0 atom stereocenters. The van der Waals surface area contributed by atoms with Gasteiger partial charge in [-0.05, 0) is 43.0 Å². The van der Waals surface area contributed by atoms with E-state index in [0.29, 0.717) is 44.1 Å². The van der Waals surface area contributed by atoms with E-state index in [2.05, 4.69) is 24.3 Å². The van der Waals surface area contributed by atoms with Crippen LogP contribution in [0.25, 0.3) is 0 Å². The molecule has 3 rings (SSSR count). The van der Waals surface area contributed by atoms with Crippen molar-refractivity contribution in [2.45, 2.75) is 58.4 Å². The Morgan fingerprint density at radius 2 is 1.97 bits per heavy atom. The van der Waals surface area contributed by atoms with Gasteiger partial charge in [0.2, 0.25) is 5.91 Å². The molecule has 192 valence electrons. The molecular formula is C24H30ClF3N4O3. The van der Waals surface area contributed by atoms with Gasteiger partial charge in [-0.1, -0.05) is 25.4 Å². The summed E-state index contributed by atoms with van der Waals surface area (Å²) >= 11 is 6.01. The lowest BCUT2D eigenvalue weighted by Gasteiger charge is -2.32. The lowest BCUT2D eigenvalue weighted by atomic mass is 10.1. The summed E-state index contributed by atoms with van der Waals surface area (Å²) in [6, 6.07) is 4.52. The van der Waals surface area contributed by atoms with Crippen LogP contribution in [0.1, 0.15) is 45.1 Å². The minimum absolute atomic E-state index is 0.0182. The van der Waals surface area contributed by atoms with Crippen molar-refractivity contribution >= 4 is 23.2 Å². The maximum atomic E-state index is 13.0. The minimum Gasteiger partial charge on any atom is -0.489 e. The van der Waals surface area contributed by atoms with Gasteiger partial charge < -0.3 is 15.0 Å². The molecule has 11 heteroatoms. The average Bonchev–Trinajstić information content (AvgIpc) is 2.80. The number of hydrogen-bond donors (Lipinski definition) is 1. The van der Waals surface area contributed by atoms with Crippen LogP contribution in [-0.2, 0) is 17.5 Å². The summed E-state index contributed by atoms with van der Waals surface area (Å²) in [7, 11) is 0. The Hall–Kier alpha value is -2.75. The monoisotopic (exact) mass is 514 g/mol. The number of carbonyl (C=O) groups is 1. The molecule has 2 aromatic rings. The molecular weight excluding hydrogens is 485 g/mol. The van der Waals surface area contributed by atoms with Gasteiger partial charge in [0.15, 0.2) is 0 Å². The van der Waals surface area contributed by atoms with Crippen molar-refractivity contribution in [3.8, 4) is 5.75 Å². The molecule has 1 amide bonds. The zero-order valence-corrected chi connectivity index (χ0v) is 20.5. The summed E-state index contributed by atoms with van der Waals surface area (Å²) in [5.74, 6) is 0.347. The third kappa shape index (κ3) is 7.62. The molecule has 1 aliphatic heterocycles. The normalized spacial score (nSPS) is 14.9. The predicted molar refractivity (Wildman–Crippen MR) is 128 cm³/mol. The Morgan fingerprint density at radius 3 is 2.63 bits per heavy atom. The van der Waals surface area contributed by atoms with Gasteiger partial charge in [-0.15, -0.1) is 0 Å². The summed E-state index contributed by atoms with van der Waals surface area (Å²) in [6.45, 7) is 5.49. The molecule has 1 aromatic heterocycles. The fourth-order valence-electron chi connectivity index (χ4n) is 3.85. The van der Waals surface area contributed by atoms with Crippen LogP contribution in [0.3, 0.4) is 0 Å². The van der Waals surface area contributed by atoms with Crippen molar-refractivity contribution in [2.24, 2.45) is 5.92 Å². The van der Waals surface area contributed by atoms with Crippen LogP contribution in [-0.4, -0.2) is 46.3 Å². The lowest BCUT2D eigenvalue weighted by molar-refractivity contribution is -0.138. The number of piperidine rings is 1. The molecule has 1 aromatic carbocycles. The van der Waals surface area contributed by atoms with Crippen LogP contribution >= 0.6 is 11.6 Å². The summed E-state index contributed by atoms with van der Waals surface area (Å²) in [5, 5.41) is 7.12. The molecule has 2 heterocycles. The van der Waals surface area contributed by atoms with Crippen LogP contribution in [0.4, 0.5) is 18.9 Å². The third-order valence-electron chi connectivity index (χ3n) is 5.84. The highest BCUT2D eigenvalue weighted by atomic mass is 35.5. The fraction of sp³-hybridized carbons (Fsp3) is 0.542. The second-order valence-corrected chi connectivity index (χ2v) is 9.41. The number of carbonyl (C=O) groups excluding carboxylic acids is 1. The van der Waals surface area contributed by atoms with E-state index in [1.807, 2.05) is 0 Å². The zero-order chi connectivity index (χ0) is 25.6. The molecule has 0 spiro atoms. The number of amides is 1. The number of nitrogens with one attached hydrogen (secondary N) is 1. The number of aromatic nitrogens is 2. The van der Waals surface area contributed by atoms with E-state index in [1.165, 1.54) is 16.9 Å². The minimum atomic E-state index is -4.49. The van der Waals surface area contributed by atoms with Crippen LogP contribution < -0.4 is 15.6 Å². The van der Waals surface area contributed by atoms with Gasteiger partial charge in [-0.25, -0.2) is 4.68 Å². The maximum absolute atomic E-state index is 13.0.